The Morgan fingerprint density at radius 3 is 0.739 bits per heavy atom. The monoisotopic (exact) mass is 1350 g/mol. The molecule has 0 aliphatic rings. The van der Waals surface area contributed by atoms with Crippen molar-refractivity contribution in [1.29, 1.82) is 0 Å². The molecular weight excluding hydrogens is 1210 g/mol. The largest absolute Gasteiger partial charge is 0.472 e. The van der Waals surface area contributed by atoms with Crippen LogP contribution in [0.25, 0.3) is 0 Å². The molecule has 0 radical (unpaired) electrons. The van der Waals surface area contributed by atoms with Gasteiger partial charge < -0.3 is 33.8 Å². The van der Waals surface area contributed by atoms with E-state index >= 15 is 0 Å². The van der Waals surface area contributed by atoms with Crippen molar-refractivity contribution in [2.75, 3.05) is 39.6 Å². The molecule has 0 aliphatic carbocycles. The predicted molar refractivity (Wildman–Crippen MR) is 372 cm³/mol. The van der Waals surface area contributed by atoms with Crippen LogP contribution in [0.1, 0.15) is 370 Å². The van der Waals surface area contributed by atoms with Gasteiger partial charge in [0.05, 0.1) is 26.4 Å². The van der Waals surface area contributed by atoms with Crippen LogP contribution < -0.4 is 0 Å². The van der Waals surface area contributed by atoms with E-state index in [2.05, 4.69) is 48.5 Å². The highest BCUT2D eigenvalue weighted by Crippen LogP contribution is 2.45. The number of esters is 4. The van der Waals surface area contributed by atoms with Crippen molar-refractivity contribution in [3.8, 4) is 0 Å². The van der Waals surface area contributed by atoms with Crippen LogP contribution in [0, 0.1) is 17.8 Å². The van der Waals surface area contributed by atoms with E-state index in [9.17, 15) is 43.2 Å². The number of hydrogen-bond acceptors (Lipinski definition) is 15. The summed E-state index contributed by atoms with van der Waals surface area (Å²) in [6.07, 6.45) is 48.9. The molecule has 0 fully saturated rings. The second-order valence-electron chi connectivity index (χ2n) is 27.8. The summed E-state index contributed by atoms with van der Waals surface area (Å²) in [6.45, 7) is 11.8. The highest BCUT2D eigenvalue weighted by Gasteiger charge is 2.30. The summed E-state index contributed by atoms with van der Waals surface area (Å²) < 4.78 is 68.2. The summed E-state index contributed by atoms with van der Waals surface area (Å²) in [5.74, 6) is 0.220. The van der Waals surface area contributed by atoms with Gasteiger partial charge in [0.25, 0.3) is 0 Å². The van der Waals surface area contributed by atoms with Gasteiger partial charge in [-0.2, -0.15) is 0 Å². The Hall–Kier alpha value is -1.94. The minimum atomic E-state index is -4.95. The first-order valence-corrected chi connectivity index (χ1v) is 40.8. The highest BCUT2D eigenvalue weighted by atomic mass is 31.2. The Morgan fingerprint density at radius 2 is 0.500 bits per heavy atom. The molecule has 0 aromatic rings. The maximum Gasteiger partial charge on any atom is 0.472 e. The number of unbranched alkanes of at least 4 members (excludes halogenated alkanes) is 39. The standard InChI is InChI=1S/C73H142O17P2/c1-8-9-10-37-47-54-70(75)83-60-68(89-72(77)57-50-43-36-30-24-18-21-27-33-40-46-53-66(6)7)62-87-91(79,80)85-58-67(74)59-86-92(81,82)88-63-69(61-84-71(76)55-48-41-34-28-22-17-13-15-20-26-32-39-45-52-65(4)5)90-73(78)56-49-42-35-29-23-16-12-11-14-19-25-31-38-44-51-64(2)3/h64-69,74H,8-63H2,1-7H3,(H,79,80)(H,81,82)/t67-,68+,69+/m0/s1. The summed E-state index contributed by atoms with van der Waals surface area (Å²) in [5.41, 5.74) is 0. The van der Waals surface area contributed by atoms with E-state index in [1.165, 1.54) is 173 Å². The maximum atomic E-state index is 13.0. The van der Waals surface area contributed by atoms with Gasteiger partial charge in [-0.05, 0) is 43.4 Å². The van der Waals surface area contributed by atoms with Crippen LogP contribution in [-0.4, -0.2) is 96.7 Å². The zero-order valence-electron chi connectivity index (χ0n) is 60.0. The van der Waals surface area contributed by atoms with Gasteiger partial charge in [-0.25, -0.2) is 9.13 Å². The average molecular weight is 1350 g/mol. The molecule has 0 saturated heterocycles. The van der Waals surface area contributed by atoms with Crippen molar-refractivity contribution in [1.82, 2.24) is 0 Å². The SMILES string of the molecule is CCCCCCCC(=O)OC[C@H](COP(=O)(O)OC[C@H](O)COP(=O)(O)OC[C@@H](COC(=O)CCCCCCCCCCCCCCCC(C)C)OC(=O)CCCCCCCCCCCCCCCCC(C)C)OC(=O)CCCCCCCCCCCCCC(C)C. The third-order valence-corrected chi connectivity index (χ3v) is 18.8. The molecule has 5 atom stereocenters. The predicted octanol–water partition coefficient (Wildman–Crippen LogP) is 21.0. The maximum absolute atomic E-state index is 13.0. The van der Waals surface area contributed by atoms with Gasteiger partial charge in [0.2, 0.25) is 0 Å². The lowest BCUT2D eigenvalue weighted by Crippen LogP contribution is -2.30. The summed E-state index contributed by atoms with van der Waals surface area (Å²) in [6, 6.07) is 0. The van der Waals surface area contributed by atoms with Gasteiger partial charge in [-0.3, -0.25) is 37.3 Å². The molecule has 0 saturated carbocycles. The smallest absolute Gasteiger partial charge is 0.462 e. The summed E-state index contributed by atoms with van der Waals surface area (Å²) >= 11 is 0. The molecule has 0 aromatic heterocycles. The number of aliphatic hydroxyl groups excluding tert-OH is 1. The summed E-state index contributed by atoms with van der Waals surface area (Å²) in [5, 5.41) is 10.6. The van der Waals surface area contributed by atoms with Crippen LogP contribution in [0.2, 0.25) is 0 Å². The van der Waals surface area contributed by atoms with Gasteiger partial charge in [-0.1, -0.05) is 318 Å². The van der Waals surface area contributed by atoms with Crippen molar-refractivity contribution in [3.63, 3.8) is 0 Å². The molecule has 92 heavy (non-hydrogen) atoms. The summed E-state index contributed by atoms with van der Waals surface area (Å²) in [4.78, 5) is 72.4. The molecule has 0 bridgehead atoms. The highest BCUT2D eigenvalue weighted by molar-refractivity contribution is 7.47. The zero-order chi connectivity index (χ0) is 68.0. The van der Waals surface area contributed by atoms with Gasteiger partial charge in [0.1, 0.15) is 19.3 Å². The topological polar surface area (TPSA) is 237 Å². The van der Waals surface area contributed by atoms with Crippen LogP contribution in [0.15, 0.2) is 0 Å². The Bertz CT molecular complexity index is 1800. The van der Waals surface area contributed by atoms with Crippen LogP contribution in [0.3, 0.4) is 0 Å². The van der Waals surface area contributed by atoms with E-state index in [1.807, 2.05) is 0 Å². The molecule has 0 aliphatic heterocycles. The lowest BCUT2D eigenvalue weighted by atomic mass is 10.0. The van der Waals surface area contributed by atoms with Crippen LogP contribution in [-0.2, 0) is 65.4 Å². The van der Waals surface area contributed by atoms with Crippen molar-refractivity contribution >= 4 is 39.5 Å². The number of aliphatic hydroxyl groups is 1. The van der Waals surface area contributed by atoms with E-state index in [-0.39, 0.29) is 25.7 Å². The Morgan fingerprint density at radius 1 is 0.293 bits per heavy atom. The quantitative estimate of drug-likeness (QED) is 0.0222. The Labute approximate surface area is 562 Å². The molecule has 0 heterocycles. The number of carbonyl (C=O) groups excluding carboxylic acids is 4. The zero-order valence-corrected chi connectivity index (χ0v) is 61.8. The van der Waals surface area contributed by atoms with Crippen LogP contribution >= 0.6 is 15.6 Å². The number of ether oxygens (including phenoxy) is 4. The number of phosphoric acid groups is 2. The second kappa shape index (κ2) is 63.8. The third kappa shape index (κ3) is 66.7. The lowest BCUT2D eigenvalue weighted by molar-refractivity contribution is -0.161. The van der Waals surface area contributed by atoms with Crippen molar-refractivity contribution in [2.24, 2.45) is 17.8 Å². The first-order valence-electron chi connectivity index (χ1n) is 37.8. The van der Waals surface area contributed by atoms with Crippen LogP contribution in [0.4, 0.5) is 0 Å². The fourth-order valence-corrected chi connectivity index (χ4v) is 12.7. The molecule has 17 nitrogen and oxygen atoms in total. The lowest BCUT2D eigenvalue weighted by Gasteiger charge is -2.21. The van der Waals surface area contributed by atoms with Crippen LogP contribution in [0.5, 0.6) is 0 Å². The van der Waals surface area contributed by atoms with Gasteiger partial charge >= 0.3 is 39.5 Å². The van der Waals surface area contributed by atoms with Crippen molar-refractivity contribution < 1.29 is 80.2 Å². The molecule has 0 aromatic carbocycles. The van der Waals surface area contributed by atoms with Gasteiger partial charge in [0.15, 0.2) is 12.2 Å². The average Bonchev–Trinajstić information content (AvgIpc) is 3.50. The van der Waals surface area contributed by atoms with Crippen molar-refractivity contribution in [2.45, 2.75) is 388 Å². The van der Waals surface area contributed by atoms with E-state index in [0.29, 0.717) is 25.7 Å². The molecule has 546 valence electrons. The Balaban J connectivity index is 5.16. The number of hydrogen-bond donors (Lipinski definition) is 3. The van der Waals surface area contributed by atoms with Gasteiger partial charge in [-0.15, -0.1) is 0 Å². The molecule has 0 amide bonds. The van der Waals surface area contributed by atoms with E-state index in [1.54, 1.807) is 0 Å². The third-order valence-electron chi connectivity index (χ3n) is 16.9. The normalized spacial score (nSPS) is 14.1. The van der Waals surface area contributed by atoms with E-state index < -0.39 is 97.5 Å². The first-order chi connectivity index (χ1) is 44.2. The van der Waals surface area contributed by atoms with E-state index in [4.69, 9.17) is 37.0 Å². The minimum Gasteiger partial charge on any atom is -0.462 e. The first kappa shape index (κ1) is 90.1. The minimum absolute atomic E-state index is 0.105. The molecule has 3 N–H and O–H groups in total. The van der Waals surface area contributed by atoms with E-state index in [0.717, 1.165) is 114 Å². The number of rotatable bonds is 71. The second-order valence-corrected chi connectivity index (χ2v) is 30.7. The Kier molecular flexibility index (Phi) is 62.4. The fourth-order valence-electron chi connectivity index (χ4n) is 11.1. The molecule has 2 unspecified atom stereocenters. The van der Waals surface area contributed by atoms with Gasteiger partial charge in [0, 0.05) is 25.7 Å². The molecule has 19 heteroatoms. The number of carbonyl (C=O) groups is 4. The molecule has 0 spiro atoms. The molecule has 0 rings (SSSR count). The summed E-state index contributed by atoms with van der Waals surface area (Å²) in [7, 11) is -9.90. The van der Waals surface area contributed by atoms with Crippen molar-refractivity contribution in [3.05, 3.63) is 0 Å². The number of phosphoric ester groups is 2. The molecular formula is C73H142O17P2. The fraction of sp³-hybridized carbons (Fsp3) is 0.945.